The Balaban J connectivity index is 0. The molecule has 0 aliphatic carbocycles. The van der Waals surface area contributed by atoms with Crippen molar-refractivity contribution in [3.8, 4) is 0 Å². The first kappa shape index (κ1) is 16.1. The first-order valence-corrected chi connectivity index (χ1v) is 6.15. The smallest absolute Gasteiger partial charge is 0.811 e. The summed E-state index contributed by atoms with van der Waals surface area (Å²) < 4.78 is 10.7. The summed E-state index contributed by atoms with van der Waals surface area (Å²) >= 11 is 0. The van der Waals surface area contributed by atoms with E-state index in [-0.39, 0.29) is 17.1 Å². The van der Waals surface area contributed by atoms with Crippen molar-refractivity contribution in [1.29, 1.82) is 0 Å². The molecule has 13 heavy (non-hydrogen) atoms. The van der Waals surface area contributed by atoms with Crippen molar-refractivity contribution >= 4 is 7.60 Å². The molecular formula is C8H17FeO3P. The molecule has 0 fully saturated rings. The number of rotatable bonds is 6. The summed E-state index contributed by atoms with van der Waals surface area (Å²) in [5.41, 5.74) is -0.623. The minimum Gasteiger partial charge on any atom is -0.811 e. The van der Waals surface area contributed by atoms with E-state index in [0.717, 1.165) is 19.3 Å². The molecule has 0 bridgehead atoms. The monoisotopic (exact) mass is 248 g/mol. The summed E-state index contributed by atoms with van der Waals surface area (Å²) in [6.45, 7) is 3.89. The fourth-order valence-corrected chi connectivity index (χ4v) is 2.31. The Kier molecular flexibility index (Phi) is 9.94. The molecule has 0 aromatic carbocycles. The molecule has 0 spiro atoms. The van der Waals surface area contributed by atoms with Crippen molar-refractivity contribution in [3.05, 3.63) is 0 Å². The fourth-order valence-electron chi connectivity index (χ4n) is 1.23. The number of hydrogen-bond donors (Lipinski definition) is 0. The van der Waals surface area contributed by atoms with Gasteiger partial charge in [0.15, 0.2) is 0 Å². The average molecular weight is 248 g/mol. The van der Waals surface area contributed by atoms with E-state index in [1.54, 1.807) is 0 Å². The molecule has 1 atom stereocenters. The van der Waals surface area contributed by atoms with Crippen LogP contribution in [0.15, 0.2) is 0 Å². The molecule has 0 aromatic heterocycles. The Bertz CT molecular complexity index is 157. The van der Waals surface area contributed by atoms with Crippen molar-refractivity contribution in [3.63, 3.8) is 0 Å². The van der Waals surface area contributed by atoms with E-state index in [1.807, 2.05) is 13.8 Å². The molecule has 0 aromatic rings. The van der Waals surface area contributed by atoms with Gasteiger partial charge in [-0.05, 0) is 18.5 Å². The zero-order chi connectivity index (χ0) is 9.61. The van der Waals surface area contributed by atoms with Crippen molar-refractivity contribution in [1.82, 2.24) is 0 Å². The number of unbranched alkanes of at least 4 members (excludes halogenated alkanes) is 1. The molecule has 1 unspecified atom stereocenters. The maximum absolute atomic E-state index is 10.7. The van der Waals surface area contributed by atoms with Crippen LogP contribution in [-0.2, 0) is 21.6 Å². The summed E-state index contributed by atoms with van der Waals surface area (Å²) in [5, 5.41) is 0. The Morgan fingerprint density at radius 3 is 2.00 bits per heavy atom. The molecule has 0 saturated heterocycles. The molecule has 0 aliphatic heterocycles. The SMILES string of the molecule is CCCCC(CCC)P(=O)([O-])[O-].[Fe+2]. The van der Waals surface area contributed by atoms with E-state index in [1.165, 1.54) is 0 Å². The van der Waals surface area contributed by atoms with Crippen molar-refractivity contribution < 1.29 is 31.4 Å². The van der Waals surface area contributed by atoms with Crippen LogP contribution in [0.3, 0.4) is 0 Å². The van der Waals surface area contributed by atoms with E-state index in [9.17, 15) is 14.4 Å². The van der Waals surface area contributed by atoms with Crippen LogP contribution >= 0.6 is 7.60 Å². The molecule has 0 aliphatic rings. The van der Waals surface area contributed by atoms with Gasteiger partial charge in [0.05, 0.1) is 0 Å². The van der Waals surface area contributed by atoms with Gasteiger partial charge in [0.1, 0.15) is 0 Å². The van der Waals surface area contributed by atoms with E-state index >= 15 is 0 Å². The van der Waals surface area contributed by atoms with E-state index in [4.69, 9.17) is 0 Å². The first-order valence-electron chi connectivity index (χ1n) is 4.54. The van der Waals surface area contributed by atoms with E-state index < -0.39 is 13.3 Å². The van der Waals surface area contributed by atoms with Gasteiger partial charge in [-0.2, -0.15) is 0 Å². The van der Waals surface area contributed by atoms with Crippen LogP contribution in [-0.4, -0.2) is 5.66 Å². The Hall–Kier alpha value is 0.669. The topological polar surface area (TPSA) is 63.2 Å². The zero-order valence-electron chi connectivity index (χ0n) is 8.14. The molecule has 0 radical (unpaired) electrons. The standard InChI is InChI=1S/C8H19O3P.Fe/c1-3-5-7-8(6-4-2)12(9,10)11;/h8H,3-7H2,1-2H3,(H2,9,10,11);/q;+2/p-2. The van der Waals surface area contributed by atoms with Crippen LogP contribution in [0, 0.1) is 0 Å². The van der Waals surface area contributed by atoms with Crippen molar-refractivity contribution in [2.75, 3.05) is 0 Å². The maximum atomic E-state index is 10.7. The first-order chi connectivity index (χ1) is 5.52. The zero-order valence-corrected chi connectivity index (χ0v) is 10.1. The maximum Gasteiger partial charge on any atom is 2.00 e. The summed E-state index contributed by atoms with van der Waals surface area (Å²) in [5.74, 6) is 0. The largest absolute Gasteiger partial charge is 2.00 e. The van der Waals surface area contributed by atoms with Gasteiger partial charge in [-0.3, -0.25) is 0 Å². The van der Waals surface area contributed by atoms with Gasteiger partial charge >= 0.3 is 17.1 Å². The minimum atomic E-state index is -4.32. The van der Waals surface area contributed by atoms with Gasteiger partial charge in [0.25, 0.3) is 0 Å². The molecule has 0 rings (SSSR count). The molecule has 0 amide bonds. The van der Waals surface area contributed by atoms with Gasteiger partial charge < -0.3 is 14.4 Å². The molecular weight excluding hydrogens is 231 g/mol. The summed E-state index contributed by atoms with van der Waals surface area (Å²) in [6.07, 6.45) is 3.60. The average Bonchev–Trinajstić information content (AvgIpc) is 1.95. The van der Waals surface area contributed by atoms with Gasteiger partial charge in [-0.25, -0.2) is 0 Å². The van der Waals surface area contributed by atoms with Crippen molar-refractivity contribution in [2.24, 2.45) is 0 Å². The van der Waals surface area contributed by atoms with Crippen LogP contribution in [0.4, 0.5) is 0 Å². The van der Waals surface area contributed by atoms with Gasteiger partial charge in [-0.1, -0.05) is 40.7 Å². The quantitative estimate of drug-likeness (QED) is 0.525. The van der Waals surface area contributed by atoms with Crippen LogP contribution in [0.25, 0.3) is 0 Å². The third-order valence-corrected chi connectivity index (χ3v) is 3.37. The molecule has 0 N–H and O–H groups in total. The van der Waals surface area contributed by atoms with Gasteiger partial charge in [0.2, 0.25) is 0 Å². The molecule has 80 valence electrons. The van der Waals surface area contributed by atoms with Gasteiger partial charge in [0, 0.05) is 0 Å². The van der Waals surface area contributed by atoms with E-state index in [2.05, 4.69) is 0 Å². The van der Waals surface area contributed by atoms with Crippen molar-refractivity contribution in [2.45, 2.75) is 51.6 Å². The minimum absolute atomic E-state index is 0. The fraction of sp³-hybridized carbons (Fsp3) is 1.00. The van der Waals surface area contributed by atoms with Crippen LogP contribution < -0.4 is 9.79 Å². The predicted octanol–water partition coefficient (Wildman–Crippen LogP) is 1.26. The Morgan fingerprint density at radius 2 is 1.69 bits per heavy atom. The number of hydrogen-bond acceptors (Lipinski definition) is 3. The second kappa shape index (κ2) is 8.02. The van der Waals surface area contributed by atoms with Crippen LogP contribution in [0.2, 0.25) is 0 Å². The normalized spacial score (nSPS) is 13.5. The van der Waals surface area contributed by atoms with Crippen LogP contribution in [0.1, 0.15) is 46.0 Å². The molecule has 3 nitrogen and oxygen atoms in total. The predicted molar refractivity (Wildman–Crippen MR) is 45.8 cm³/mol. The molecule has 5 heteroatoms. The second-order valence-corrected chi connectivity index (χ2v) is 4.93. The van der Waals surface area contributed by atoms with Crippen LogP contribution in [0.5, 0.6) is 0 Å². The second-order valence-electron chi connectivity index (χ2n) is 3.12. The Labute approximate surface area is 90.9 Å². The Morgan fingerprint density at radius 1 is 1.15 bits per heavy atom. The summed E-state index contributed by atoms with van der Waals surface area (Å²) in [4.78, 5) is 21.4. The van der Waals surface area contributed by atoms with E-state index in [0.29, 0.717) is 12.8 Å². The molecule has 0 heterocycles. The third-order valence-electron chi connectivity index (χ3n) is 1.96. The summed E-state index contributed by atoms with van der Waals surface area (Å²) in [6, 6.07) is 0. The summed E-state index contributed by atoms with van der Waals surface area (Å²) in [7, 11) is -4.32. The molecule has 0 saturated carbocycles. The third kappa shape index (κ3) is 7.72. The van der Waals surface area contributed by atoms with Gasteiger partial charge in [-0.15, -0.1) is 0 Å².